The van der Waals surface area contributed by atoms with Gasteiger partial charge in [0, 0.05) is 42.0 Å². The number of piperidine rings is 1. The number of fused-ring (bicyclic) bond motifs is 5. The van der Waals surface area contributed by atoms with Gasteiger partial charge >= 0.3 is 11.9 Å². The number of thioether (sulfide) groups is 1. The highest BCUT2D eigenvalue weighted by atomic mass is 35.5. The lowest BCUT2D eigenvalue weighted by atomic mass is 9.89. The van der Waals surface area contributed by atoms with Gasteiger partial charge in [0.25, 0.3) is 11.7 Å². The van der Waals surface area contributed by atoms with Gasteiger partial charge in [0.2, 0.25) is 11.5 Å². The van der Waals surface area contributed by atoms with Gasteiger partial charge in [-0.2, -0.15) is 0 Å². The van der Waals surface area contributed by atoms with Crippen molar-refractivity contribution in [2.45, 2.75) is 50.1 Å². The van der Waals surface area contributed by atoms with Crippen LogP contribution in [0.1, 0.15) is 49.2 Å². The fraction of sp³-hybridized carbons (Fsp3) is 0.455. The fourth-order valence-corrected chi connectivity index (χ4v) is 9.29. The first-order chi connectivity index (χ1) is 24.9. The molecule has 2 bridgehead atoms. The Morgan fingerprint density at radius 3 is 2.45 bits per heavy atom. The molecule has 1 aromatic carbocycles. The summed E-state index contributed by atoms with van der Waals surface area (Å²) in [5, 5.41) is 43.8. The number of ketones is 2. The van der Waals surface area contributed by atoms with E-state index < -0.39 is 68.7 Å². The lowest BCUT2D eigenvalue weighted by molar-refractivity contribution is -0.924. The quantitative estimate of drug-likeness (QED) is 0.0392. The summed E-state index contributed by atoms with van der Waals surface area (Å²) in [6.07, 6.45) is 0.739. The van der Waals surface area contributed by atoms with Crippen LogP contribution in [0.4, 0.5) is 5.13 Å². The summed E-state index contributed by atoms with van der Waals surface area (Å²) in [5.41, 5.74) is 3.88. The van der Waals surface area contributed by atoms with Crippen LogP contribution in [0.5, 0.6) is 11.5 Å². The highest BCUT2D eigenvalue weighted by molar-refractivity contribution is 8.00. The van der Waals surface area contributed by atoms with E-state index in [4.69, 9.17) is 22.2 Å². The number of phenols is 2. The Bertz CT molecular complexity index is 1990. The maximum atomic E-state index is 13.6. The summed E-state index contributed by atoms with van der Waals surface area (Å²) in [4.78, 5) is 90.0. The molecule has 4 saturated heterocycles. The Labute approximate surface area is 315 Å². The van der Waals surface area contributed by atoms with E-state index in [2.05, 4.69) is 10.1 Å². The van der Waals surface area contributed by atoms with Gasteiger partial charge in [-0.25, -0.2) is 14.6 Å². The van der Waals surface area contributed by atoms with Gasteiger partial charge in [-0.05, 0) is 26.0 Å². The molecular weight excluding hydrogens is 756 g/mol. The number of halogens is 1. The number of β-lactam (4-membered cyclic amide) rings is 1. The lowest BCUT2D eigenvalue weighted by Crippen LogP contribution is -2.63. The number of amides is 2. The molecule has 0 radical (unpaired) electrons. The zero-order valence-electron chi connectivity index (χ0n) is 28.5. The molecule has 0 aliphatic carbocycles. The molecule has 2 aromatic rings. The Kier molecular flexibility index (Phi) is 10.2. The first-order valence-electron chi connectivity index (χ1n) is 16.5. The molecule has 282 valence electrons. The van der Waals surface area contributed by atoms with Crippen LogP contribution >= 0.6 is 34.7 Å². The number of carboxylic acids is 2. The topological polar surface area (TPSA) is 250 Å². The van der Waals surface area contributed by atoms with Gasteiger partial charge in [-0.1, -0.05) is 16.8 Å². The summed E-state index contributed by atoms with van der Waals surface area (Å²) in [5.74, 6) is -7.38. The molecule has 17 nitrogen and oxygen atoms in total. The standard InChI is InChI=1S/C33H35ClN6O11S2/c1-33(2,31(49)50)51-37-23(19-14-53-32(35)36-19)21(42)11-18-27(45)39-24(30(47)48)15(13-52-29(18)39)12-40-8-5-16(6-9-40)38(7-10-40)28(46)25(43)17-3-4-20(41)26(44)22(17)34/h3-4,14,16,18,29H,5-13H2,1-2H3,(H5-,35,36,37,41,42,43,44,46,47,48,49,50)/p+1/t16?,18-,29-,40?/m1/s1. The molecule has 6 heterocycles. The van der Waals surface area contributed by atoms with Crippen LogP contribution < -0.4 is 5.73 Å². The van der Waals surface area contributed by atoms with Crippen LogP contribution in [0.2, 0.25) is 5.02 Å². The van der Waals surface area contributed by atoms with Gasteiger partial charge in [0.05, 0.1) is 48.1 Å². The van der Waals surface area contributed by atoms with Gasteiger partial charge in [0.15, 0.2) is 28.1 Å². The third-order valence-corrected chi connectivity index (χ3v) is 12.6. The number of nitrogen functional groups attached to an aromatic ring is 1. The molecule has 0 unspecified atom stereocenters. The van der Waals surface area contributed by atoms with Crippen molar-refractivity contribution in [3.05, 3.63) is 45.1 Å². The number of oxime groups is 1. The van der Waals surface area contributed by atoms with Crippen molar-refractivity contribution in [3.8, 4) is 11.5 Å². The molecule has 53 heavy (non-hydrogen) atoms. The van der Waals surface area contributed by atoms with Crippen LogP contribution in [-0.4, -0.2) is 136 Å². The lowest BCUT2D eigenvalue weighted by Gasteiger charge is -2.50. The predicted octanol–water partition coefficient (Wildman–Crippen LogP) is 1.91. The molecule has 4 fully saturated rings. The number of hydrogen-bond acceptors (Lipinski definition) is 14. The molecule has 7 rings (SSSR count). The average Bonchev–Trinajstić information content (AvgIpc) is 3.36. The second-order valence-electron chi connectivity index (χ2n) is 13.8. The number of rotatable bonds is 12. The van der Waals surface area contributed by atoms with E-state index in [1.807, 2.05) is 0 Å². The number of aliphatic carboxylic acids is 2. The number of thiazole rings is 1. The normalized spacial score (nSPS) is 24.3. The maximum Gasteiger partial charge on any atom is 0.352 e. The third-order valence-electron chi connectivity index (χ3n) is 10.1. The van der Waals surface area contributed by atoms with E-state index in [9.17, 15) is 49.2 Å². The molecule has 0 spiro atoms. The second kappa shape index (κ2) is 14.3. The number of hydrogen-bond donors (Lipinski definition) is 5. The van der Waals surface area contributed by atoms with Crippen LogP contribution in [0, 0.1) is 5.92 Å². The fourth-order valence-electron chi connectivity index (χ4n) is 7.10. The average molecular weight is 792 g/mol. The number of aromatic nitrogens is 1. The smallest absolute Gasteiger partial charge is 0.352 e. The number of benzene rings is 1. The molecule has 6 N–H and O–H groups in total. The minimum Gasteiger partial charge on any atom is -0.504 e. The van der Waals surface area contributed by atoms with Crippen molar-refractivity contribution < 1.29 is 58.5 Å². The number of nitrogens with zero attached hydrogens (tertiary/aromatic N) is 5. The summed E-state index contributed by atoms with van der Waals surface area (Å²) < 4.78 is 0.444. The molecule has 0 saturated carbocycles. The van der Waals surface area contributed by atoms with Crippen molar-refractivity contribution in [1.82, 2.24) is 14.8 Å². The second-order valence-corrected chi connectivity index (χ2v) is 16.2. The summed E-state index contributed by atoms with van der Waals surface area (Å²) in [7, 11) is 0. The number of carbonyl (C=O) groups is 6. The zero-order chi connectivity index (χ0) is 38.6. The van der Waals surface area contributed by atoms with E-state index >= 15 is 0 Å². The Balaban J connectivity index is 1.17. The third kappa shape index (κ3) is 7.05. The van der Waals surface area contributed by atoms with Crippen LogP contribution in [0.25, 0.3) is 0 Å². The first kappa shape index (κ1) is 38.0. The van der Waals surface area contributed by atoms with Gasteiger partial charge in [-0.15, -0.1) is 23.1 Å². The molecular formula is C33H36ClN6O11S2+. The highest BCUT2D eigenvalue weighted by Gasteiger charge is 2.55. The molecule has 20 heteroatoms. The van der Waals surface area contributed by atoms with Crippen LogP contribution in [0.3, 0.4) is 0 Å². The number of phenolic OH excluding ortho intramolecular Hbond substituents is 2. The number of aromatic hydroxyl groups is 2. The van der Waals surface area contributed by atoms with E-state index in [0.717, 1.165) is 17.4 Å². The number of quaternary nitrogens is 1. The molecule has 5 aliphatic rings. The van der Waals surface area contributed by atoms with Crippen molar-refractivity contribution in [2.24, 2.45) is 11.1 Å². The van der Waals surface area contributed by atoms with Crippen molar-refractivity contribution in [2.75, 3.05) is 44.2 Å². The summed E-state index contributed by atoms with van der Waals surface area (Å²) in [6.45, 7) is 4.62. The largest absolute Gasteiger partial charge is 0.504 e. The predicted molar refractivity (Wildman–Crippen MR) is 190 cm³/mol. The molecule has 1 aromatic heterocycles. The van der Waals surface area contributed by atoms with Gasteiger partial charge in [-0.3, -0.25) is 24.1 Å². The van der Waals surface area contributed by atoms with Gasteiger partial charge < -0.3 is 40.4 Å². The van der Waals surface area contributed by atoms with Crippen molar-refractivity contribution in [3.63, 3.8) is 0 Å². The highest BCUT2D eigenvalue weighted by Crippen LogP contribution is 2.46. The molecule has 2 atom stereocenters. The van der Waals surface area contributed by atoms with Crippen molar-refractivity contribution >= 4 is 80.9 Å². The number of carboxylic acid groups (broad SMARTS) is 2. The first-order valence-corrected chi connectivity index (χ1v) is 18.8. The van der Waals surface area contributed by atoms with Crippen LogP contribution in [-0.2, 0) is 28.8 Å². The number of anilines is 1. The molecule has 5 aliphatic heterocycles. The maximum absolute atomic E-state index is 13.6. The Hall–Kier alpha value is -4.72. The van der Waals surface area contributed by atoms with E-state index in [1.165, 1.54) is 46.9 Å². The zero-order valence-corrected chi connectivity index (χ0v) is 30.9. The van der Waals surface area contributed by atoms with E-state index in [1.54, 1.807) is 0 Å². The number of carbonyl (C=O) groups excluding carboxylic acids is 4. The monoisotopic (exact) mass is 791 g/mol. The number of nitrogens with two attached hydrogens (primary N) is 1. The summed E-state index contributed by atoms with van der Waals surface area (Å²) >= 11 is 8.43. The minimum atomic E-state index is -1.78. The van der Waals surface area contributed by atoms with E-state index in [-0.39, 0.29) is 52.6 Å². The Morgan fingerprint density at radius 2 is 1.83 bits per heavy atom. The molecule has 2 amide bonds. The summed E-state index contributed by atoms with van der Waals surface area (Å²) in [6, 6.07) is 2.01. The van der Waals surface area contributed by atoms with Crippen molar-refractivity contribution in [1.29, 1.82) is 0 Å². The number of Topliss-reactive ketones (excluding diaryl/α,β-unsaturated/α-hetero) is 2. The Morgan fingerprint density at radius 1 is 1.13 bits per heavy atom. The van der Waals surface area contributed by atoms with Gasteiger partial charge in [0.1, 0.15) is 17.9 Å². The van der Waals surface area contributed by atoms with E-state index in [0.29, 0.717) is 49.1 Å². The SMILES string of the molecule is CC(C)(O/N=C(\C(=O)C[C@@H]1C(=O)N2C(C(=O)O)=C(C[N+]34CCC(CC3)N(C(=O)C(=O)c3ccc(O)c(O)c3Cl)CC4)CS[C@H]12)c1csc(N)n1)C(=O)O. The minimum absolute atomic E-state index is 0.0512. The van der Waals surface area contributed by atoms with Crippen LogP contribution in [0.15, 0.2) is 33.9 Å².